The summed E-state index contributed by atoms with van der Waals surface area (Å²) >= 11 is 11.7. The van der Waals surface area contributed by atoms with E-state index in [-0.39, 0.29) is 10.6 Å². The van der Waals surface area contributed by atoms with Crippen molar-refractivity contribution in [2.75, 3.05) is 5.73 Å². The number of halogens is 3. The molecule has 0 spiro atoms. The van der Waals surface area contributed by atoms with Crippen LogP contribution in [0.2, 0.25) is 10.0 Å². The normalized spacial score (nSPS) is 12.4. The molecule has 0 saturated carbocycles. The number of rotatable bonds is 3. The number of hydrogen-bond donors (Lipinski definition) is 1. The molecule has 2 nitrogen and oxygen atoms in total. The van der Waals surface area contributed by atoms with Crippen molar-refractivity contribution in [2.45, 2.75) is 10.6 Å². The molecule has 2 N–H and O–H groups in total. The van der Waals surface area contributed by atoms with Gasteiger partial charge >= 0.3 is 0 Å². The summed E-state index contributed by atoms with van der Waals surface area (Å²) in [6.45, 7) is 0. The zero-order chi connectivity index (χ0) is 14.0. The maximum Gasteiger partial charge on any atom is 0.141 e. The Morgan fingerprint density at radius 1 is 1.11 bits per heavy atom. The molecule has 0 saturated heterocycles. The van der Waals surface area contributed by atoms with Gasteiger partial charge in [0.25, 0.3) is 0 Å². The van der Waals surface area contributed by atoms with Crippen LogP contribution in [0.25, 0.3) is 0 Å². The van der Waals surface area contributed by atoms with Crippen LogP contribution in [-0.4, -0.2) is 4.21 Å². The largest absolute Gasteiger partial charge is 0.399 e. The molecule has 0 bridgehead atoms. The Bertz CT molecular complexity index is 649. The van der Waals surface area contributed by atoms with E-state index >= 15 is 0 Å². The van der Waals surface area contributed by atoms with Gasteiger partial charge in [0, 0.05) is 5.69 Å². The van der Waals surface area contributed by atoms with Gasteiger partial charge in [-0.25, -0.2) is 4.39 Å². The van der Waals surface area contributed by atoms with Crippen LogP contribution in [0.1, 0.15) is 5.56 Å². The van der Waals surface area contributed by atoms with Gasteiger partial charge in [-0.1, -0.05) is 29.3 Å². The average Bonchev–Trinajstić information content (AvgIpc) is 2.33. The van der Waals surface area contributed by atoms with Crippen LogP contribution in [0.3, 0.4) is 0 Å². The molecule has 2 aromatic rings. The summed E-state index contributed by atoms with van der Waals surface area (Å²) in [7, 11) is -1.50. The van der Waals surface area contributed by atoms with Crippen molar-refractivity contribution in [1.82, 2.24) is 0 Å². The molecule has 6 heteroatoms. The maximum atomic E-state index is 13.6. The van der Waals surface area contributed by atoms with Crippen molar-refractivity contribution in [3.05, 3.63) is 57.8 Å². The Kier molecular flexibility index (Phi) is 4.45. The first-order chi connectivity index (χ1) is 8.97. The minimum absolute atomic E-state index is 0.125. The molecule has 0 heterocycles. The van der Waals surface area contributed by atoms with E-state index in [1.165, 1.54) is 12.1 Å². The van der Waals surface area contributed by atoms with E-state index in [2.05, 4.69) is 0 Å². The predicted octanol–water partition coefficient (Wildman–Crippen LogP) is 4.02. The first kappa shape index (κ1) is 14.3. The third-order valence-electron chi connectivity index (χ3n) is 2.48. The van der Waals surface area contributed by atoms with E-state index in [1.54, 1.807) is 18.2 Å². The van der Waals surface area contributed by atoms with E-state index in [4.69, 9.17) is 28.9 Å². The van der Waals surface area contributed by atoms with Crippen LogP contribution in [0, 0.1) is 5.82 Å². The highest BCUT2D eigenvalue weighted by Gasteiger charge is 2.11. The van der Waals surface area contributed by atoms with Gasteiger partial charge in [0.1, 0.15) is 5.82 Å². The zero-order valence-electron chi connectivity index (χ0n) is 9.70. The van der Waals surface area contributed by atoms with Gasteiger partial charge < -0.3 is 5.73 Å². The second-order valence-corrected chi connectivity index (χ2v) is 6.16. The second-order valence-electron chi connectivity index (χ2n) is 3.93. The molecule has 0 fully saturated rings. The summed E-state index contributed by atoms with van der Waals surface area (Å²) in [5.74, 6) is -0.407. The van der Waals surface area contributed by atoms with Gasteiger partial charge in [0.15, 0.2) is 0 Å². The molecule has 19 heavy (non-hydrogen) atoms. The number of hydrogen-bond acceptors (Lipinski definition) is 2. The van der Waals surface area contributed by atoms with Crippen molar-refractivity contribution < 1.29 is 8.60 Å². The minimum Gasteiger partial charge on any atom is -0.399 e. The van der Waals surface area contributed by atoms with Gasteiger partial charge in [-0.3, -0.25) is 4.21 Å². The average molecular weight is 318 g/mol. The first-order valence-electron chi connectivity index (χ1n) is 5.34. The molecule has 2 aromatic carbocycles. The Hall–Kier alpha value is -1.10. The van der Waals surface area contributed by atoms with E-state index in [9.17, 15) is 8.60 Å². The molecule has 0 radical (unpaired) electrons. The molecule has 0 aromatic heterocycles. The molecule has 1 atom stereocenters. The fraction of sp³-hybridized carbons (Fsp3) is 0.0769. The van der Waals surface area contributed by atoms with E-state index in [0.29, 0.717) is 15.7 Å². The molecular formula is C13H10Cl2FNOS. The summed E-state index contributed by atoms with van der Waals surface area (Å²) in [6, 6.07) is 9.06. The lowest BCUT2D eigenvalue weighted by molar-refractivity contribution is 0.596. The highest BCUT2D eigenvalue weighted by atomic mass is 35.5. The Labute approximate surface area is 122 Å². The first-order valence-corrected chi connectivity index (χ1v) is 7.42. The highest BCUT2D eigenvalue weighted by Crippen LogP contribution is 2.25. The van der Waals surface area contributed by atoms with Crippen molar-refractivity contribution >= 4 is 39.7 Å². The van der Waals surface area contributed by atoms with E-state index < -0.39 is 16.6 Å². The number of nitrogens with two attached hydrogens (primary N) is 1. The van der Waals surface area contributed by atoms with Crippen molar-refractivity contribution in [3.63, 3.8) is 0 Å². The monoisotopic (exact) mass is 317 g/mol. The van der Waals surface area contributed by atoms with Crippen LogP contribution < -0.4 is 5.73 Å². The van der Waals surface area contributed by atoms with E-state index in [1.807, 2.05) is 0 Å². The fourth-order valence-electron chi connectivity index (χ4n) is 1.56. The lowest BCUT2D eigenvalue weighted by Crippen LogP contribution is -2.00. The lowest BCUT2D eigenvalue weighted by Gasteiger charge is -2.06. The molecular weight excluding hydrogens is 308 g/mol. The Morgan fingerprint density at radius 2 is 1.84 bits per heavy atom. The standard InChI is InChI=1S/C13H10Cl2FNOS/c14-10-3-1-8(5-11(10)15)7-19(18)13-4-2-9(17)6-12(13)16/h1-6H,7,17H2. The quantitative estimate of drug-likeness (QED) is 0.869. The number of anilines is 1. The second kappa shape index (κ2) is 5.90. The molecule has 0 aliphatic carbocycles. The lowest BCUT2D eigenvalue weighted by atomic mass is 10.2. The van der Waals surface area contributed by atoms with Gasteiger partial charge in [-0.2, -0.15) is 0 Å². The predicted molar refractivity (Wildman–Crippen MR) is 77.4 cm³/mol. The third-order valence-corrected chi connectivity index (χ3v) is 4.64. The molecule has 100 valence electrons. The summed E-state index contributed by atoms with van der Waals surface area (Å²) in [5, 5.41) is 0.809. The zero-order valence-corrected chi connectivity index (χ0v) is 12.0. The Balaban J connectivity index is 2.23. The van der Waals surface area contributed by atoms with Crippen LogP contribution >= 0.6 is 23.2 Å². The molecule has 0 aliphatic rings. The highest BCUT2D eigenvalue weighted by molar-refractivity contribution is 7.84. The van der Waals surface area contributed by atoms with Gasteiger partial charge in [-0.05, 0) is 35.9 Å². The van der Waals surface area contributed by atoms with Crippen molar-refractivity contribution in [2.24, 2.45) is 0 Å². The number of nitrogen functional groups attached to an aromatic ring is 1. The summed E-state index contributed by atoms with van der Waals surface area (Å²) < 4.78 is 25.7. The van der Waals surface area contributed by atoms with Crippen LogP contribution in [-0.2, 0) is 16.6 Å². The Morgan fingerprint density at radius 3 is 2.47 bits per heavy atom. The topological polar surface area (TPSA) is 43.1 Å². The van der Waals surface area contributed by atoms with Crippen molar-refractivity contribution in [1.29, 1.82) is 0 Å². The van der Waals surface area contributed by atoms with Gasteiger partial charge in [0.2, 0.25) is 0 Å². The molecule has 1 unspecified atom stereocenters. The smallest absolute Gasteiger partial charge is 0.141 e. The molecule has 0 amide bonds. The fourth-order valence-corrected chi connectivity index (χ4v) is 3.02. The van der Waals surface area contributed by atoms with Crippen LogP contribution in [0.4, 0.5) is 10.1 Å². The summed E-state index contributed by atoms with van der Waals surface area (Å²) in [6.07, 6.45) is 0. The molecule has 2 rings (SSSR count). The van der Waals surface area contributed by atoms with Crippen LogP contribution in [0.15, 0.2) is 41.3 Å². The minimum atomic E-state index is -1.50. The maximum absolute atomic E-state index is 13.6. The molecule has 0 aliphatic heterocycles. The summed E-state index contributed by atoms with van der Waals surface area (Å²) in [4.78, 5) is 0.125. The summed E-state index contributed by atoms with van der Waals surface area (Å²) in [5.41, 5.74) is 6.47. The SMILES string of the molecule is Nc1ccc(S(=O)Cc2ccc(Cl)c(Cl)c2)c(F)c1. The van der Waals surface area contributed by atoms with Crippen LogP contribution in [0.5, 0.6) is 0 Å². The van der Waals surface area contributed by atoms with Gasteiger partial charge in [0.05, 0.1) is 31.5 Å². The number of benzene rings is 2. The van der Waals surface area contributed by atoms with Crippen molar-refractivity contribution in [3.8, 4) is 0 Å². The van der Waals surface area contributed by atoms with E-state index in [0.717, 1.165) is 11.6 Å². The van der Waals surface area contributed by atoms with Gasteiger partial charge in [-0.15, -0.1) is 0 Å². The third kappa shape index (κ3) is 3.47.